The molecule has 0 N–H and O–H groups in total. The van der Waals surface area contributed by atoms with E-state index in [4.69, 9.17) is 4.74 Å². The molecule has 1 saturated heterocycles. The van der Waals surface area contributed by atoms with Gasteiger partial charge in [-0.2, -0.15) is 0 Å². The number of benzene rings is 1. The Morgan fingerprint density at radius 1 is 1.35 bits per heavy atom. The van der Waals surface area contributed by atoms with Gasteiger partial charge in [0.1, 0.15) is 12.8 Å². The van der Waals surface area contributed by atoms with Gasteiger partial charge in [-0.25, -0.2) is 4.79 Å². The van der Waals surface area contributed by atoms with Crippen molar-refractivity contribution in [2.75, 3.05) is 18.6 Å². The van der Waals surface area contributed by atoms with E-state index in [9.17, 15) is 4.79 Å². The van der Waals surface area contributed by atoms with Crippen molar-refractivity contribution in [2.24, 2.45) is 0 Å². The van der Waals surface area contributed by atoms with Gasteiger partial charge in [-0.15, -0.1) is 0 Å². The minimum Gasteiger partial charge on any atom is -0.445 e. The van der Waals surface area contributed by atoms with Crippen LogP contribution in [0.3, 0.4) is 0 Å². The zero-order valence-electron chi connectivity index (χ0n) is 9.67. The maximum atomic E-state index is 11.4. The average molecular weight is 230 g/mol. The first-order valence-corrected chi connectivity index (χ1v) is 5.70. The van der Waals surface area contributed by atoms with Gasteiger partial charge < -0.3 is 9.64 Å². The third-order valence-corrected chi connectivity index (χ3v) is 3.29. The standard InChI is InChI=1S/C13H14N2O2/c1-14-12(9-17-13(14)16)15-8-4-6-10-5-2-3-7-11(10)15/h2-5,7-8,12H,6,9H2,1H3. The largest absolute Gasteiger partial charge is 0.445 e. The van der Waals surface area contributed by atoms with Crippen LogP contribution in [-0.4, -0.2) is 30.8 Å². The molecule has 0 aliphatic carbocycles. The van der Waals surface area contributed by atoms with Crippen molar-refractivity contribution < 1.29 is 9.53 Å². The average Bonchev–Trinajstić information content (AvgIpc) is 2.69. The number of likely N-dealkylation sites (N-methyl/N-ethyl adjacent to an activating group) is 1. The quantitative estimate of drug-likeness (QED) is 0.739. The van der Waals surface area contributed by atoms with Crippen LogP contribution in [0, 0.1) is 0 Å². The molecule has 0 saturated carbocycles. The van der Waals surface area contributed by atoms with Gasteiger partial charge in [-0.05, 0) is 18.1 Å². The predicted octanol–water partition coefficient (Wildman–Crippen LogP) is 1.97. The second-order valence-electron chi connectivity index (χ2n) is 4.29. The van der Waals surface area contributed by atoms with Crippen molar-refractivity contribution in [3.63, 3.8) is 0 Å². The van der Waals surface area contributed by atoms with Crippen LogP contribution in [0.5, 0.6) is 0 Å². The van der Waals surface area contributed by atoms with Crippen LogP contribution in [0.25, 0.3) is 0 Å². The predicted molar refractivity (Wildman–Crippen MR) is 64.7 cm³/mol. The summed E-state index contributed by atoms with van der Waals surface area (Å²) in [6.07, 6.45) is 4.79. The van der Waals surface area contributed by atoms with E-state index in [2.05, 4.69) is 23.1 Å². The molecule has 2 aliphatic rings. The van der Waals surface area contributed by atoms with Gasteiger partial charge in [0.15, 0.2) is 0 Å². The monoisotopic (exact) mass is 230 g/mol. The zero-order valence-corrected chi connectivity index (χ0v) is 9.67. The van der Waals surface area contributed by atoms with E-state index in [1.54, 1.807) is 11.9 Å². The first-order valence-electron chi connectivity index (χ1n) is 5.70. The van der Waals surface area contributed by atoms with E-state index in [0.717, 1.165) is 12.1 Å². The minimum atomic E-state index is -0.258. The van der Waals surface area contributed by atoms with E-state index in [-0.39, 0.29) is 12.3 Å². The number of rotatable bonds is 1. The molecule has 1 atom stereocenters. The maximum Gasteiger partial charge on any atom is 0.411 e. The lowest BCUT2D eigenvalue weighted by Gasteiger charge is -2.33. The number of cyclic esters (lactones) is 1. The van der Waals surface area contributed by atoms with Crippen LogP contribution < -0.4 is 4.90 Å². The van der Waals surface area contributed by atoms with E-state index in [0.29, 0.717) is 6.61 Å². The van der Waals surface area contributed by atoms with Crippen molar-refractivity contribution in [1.82, 2.24) is 4.90 Å². The van der Waals surface area contributed by atoms with Gasteiger partial charge in [-0.3, -0.25) is 4.90 Å². The lowest BCUT2D eigenvalue weighted by molar-refractivity contribution is 0.163. The van der Waals surface area contributed by atoms with E-state index in [1.165, 1.54) is 5.56 Å². The van der Waals surface area contributed by atoms with Crippen LogP contribution >= 0.6 is 0 Å². The molecule has 3 rings (SSSR count). The number of para-hydroxylation sites is 1. The van der Waals surface area contributed by atoms with Gasteiger partial charge in [0.05, 0.1) is 0 Å². The van der Waals surface area contributed by atoms with Crippen molar-refractivity contribution in [3.8, 4) is 0 Å². The molecule has 17 heavy (non-hydrogen) atoms. The van der Waals surface area contributed by atoms with Crippen LogP contribution in [0.15, 0.2) is 36.5 Å². The SMILES string of the molecule is CN1C(=O)OCC1N1C=CCc2ccccc21. The Hall–Kier alpha value is -1.97. The number of carbonyl (C=O) groups excluding carboxylic acids is 1. The lowest BCUT2D eigenvalue weighted by Crippen LogP contribution is -2.43. The van der Waals surface area contributed by atoms with E-state index >= 15 is 0 Å². The maximum absolute atomic E-state index is 11.4. The second kappa shape index (κ2) is 3.80. The highest BCUT2D eigenvalue weighted by molar-refractivity contribution is 5.71. The van der Waals surface area contributed by atoms with Crippen molar-refractivity contribution in [1.29, 1.82) is 0 Å². The number of carbonyl (C=O) groups is 1. The molecule has 1 aromatic rings. The molecule has 0 spiro atoms. The molecule has 1 amide bonds. The summed E-state index contributed by atoms with van der Waals surface area (Å²) in [6, 6.07) is 8.25. The fraction of sp³-hybridized carbons (Fsp3) is 0.308. The fourth-order valence-corrected chi connectivity index (χ4v) is 2.32. The number of amides is 1. The summed E-state index contributed by atoms with van der Waals surface area (Å²) < 4.78 is 5.06. The normalized spacial score (nSPS) is 22.6. The van der Waals surface area contributed by atoms with Crippen LogP contribution in [-0.2, 0) is 11.2 Å². The minimum absolute atomic E-state index is 0.0415. The summed E-state index contributed by atoms with van der Waals surface area (Å²) >= 11 is 0. The summed E-state index contributed by atoms with van der Waals surface area (Å²) in [6.45, 7) is 0.411. The van der Waals surface area contributed by atoms with Gasteiger partial charge in [-0.1, -0.05) is 24.3 Å². The number of hydrogen-bond donors (Lipinski definition) is 0. The molecule has 0 bridgehead atoms. The van der Waals surface area contributed by atoms with Gasteiger partial charge >= 0.3 is 6.09 Å². The molecule has 1 fully saturated rings. The fourth-order valence-electron chi connectivity index (χ4n) is 2.32. The van der Waals surface area contributed by atoms with Crippen LogP contribution in [0.1, 0.15) is 5.56 Å². The topological polar surface area (TPSA) is 32.8 Å². The number of allylic oxidation sites excluding steroid dienone is 1. The Morgan fingerprint density at radius 3 is 2.94 bits per heavy atom. The molecule has 0 radical (unpaired) electrons. The Morgan fingerprint density at radius 2 is 2.18 bits per heavy atom. The van der Waals surface area contributed by atoms with Gasteiger partial charge in [0, 0.05) is 18.9 Å². The van der Waals surface area contributed by atoms with Crippen molar-refractivity contribution >= 4 is 11.8 Å². The third kappa shape index (κ3) is 1.56. The number of ether oxygens (including phenoxy) is 1. The van der Waals surface area contributed by atoms with E-state index < -0.39 is 0 Å². The van der Waals surface area contributed by atoms with Crippen LogP contribution in [0.2, 0.25) is 0 Å². The first kappa shape index (κ1) is 10.2. The van der Waals surface area contributed by atoms with Crippen molar-refractivity contribution in [3.05, 3.63) is 42.1 Å². The Balaban J connectivity index is 1.96. The highest BCUT2D eigenvalue weighted by atomic mass is 16.6. The summed E-state index contributed by atoms with van der Waals surface area (Å²) in [5.41, 5.74) is 2.44. The molecule has 0 aromatic heterocycles. The molecular weight excluding hydrogens is 216 g/mol. The van der Waals surface area contributed by atoms with Gasteiger partial charge in [0.25, 0.3) is 0 Å². The smallest absolute Gasteiger partial charge is 0.411 e. The molecule has 2 aliphatic heterocycles. The Bertz CT molecular complexity index is 484. The molecule has 4 heteroatoms. The first-order chi connectivity index (χ1) is 8.27. The number of fused-ring (bicyclic) bond motifs is 1. The van der Waals surface area contributed by atoms with Gasteiger partial charge in [0.2, 0.25) is 0 Å². The summed E-state index contributed by atoms with van der Waals surface area (Å²) in [7, 11) is 1.77. The third-order valence-electron chi connectivity index (χ3n) is 3.29. The summed E-state index contributed by atoms with van der Waals surface area (Å²) in [4.78, 5) is 15.1. The number of nitrogens with zero attached hydrogens (tertiary/aromatic N) is 2. The van der Waals surface area contributed by atoms with Crippen LogP contribution in [0.4, 0.5) is 10.5 Å². The molecule has 1 unspecified atom stereocenters. The van der Waals surface area contributed by atoms with E-state index in [1.807, 2.05) is 18.3 Å². The lowest BCUT2D eigenvalue weighted by atomic mass is 10.1. The Kier molecular flexibility index (Phi) is 2.28. The molecule has 88 valence electrons. The molecule has 4 nitrogen and oxygen atoms in total. The zero-order chi connectivity index (χ0) is 11.8. The number of anilines is 1. The Labute approximate surface area is 100 Å². The molecular formula is C13H14N2O2. The highest BCUT2D eigenvalue weighted by Crippen LogP contribution is 2.29. The summed E-state index contributed by atoms with van der Waals surface area (Å²) in [5, 5.41) is 0. The molecule has 2 heterocycles. The number of hydrogen-bond acceptors (Lipinski definition) is 3. The van der Waals surface area contributed by atoms with Crippen molar-refractivity contribution in [2.45, 2.75) is 12.6 Å². The molecule has 1 aromatic carbocycles. The summed E-state index contributed by atoms with van der Waals surface area (Å²) in [5.74, 6) is 0. The highest BCUT2D eigenvalue weighted by Gasteiger charge is 2.34. The second-order valence-corrected chi connectivity index (χ2v) is 4.29.